The highest BCUT2D eigenvalue weighted by Gasteiger charge is 2.25. The van der Waals surface area contributed by atoms with Gasteiger partial charge < -0.3 is 10.3 Å². The lowest BCUT2D eigenvalue weighted by Gasteiger charge is -2.24. The largest absolute Gasteiger partial charge is 0.335 e. The molecule has 0 radical (unpaired) electrons. The van der Waals surface area contributed by atoms with Gasteiger partial charge in [-0.2, -0.15) is 5.10 Å². The van der Waals surface area contributed by atoms with E-state index < -0.39 is 5.82 Å². The zero-order valence-electron chi connectivity index (χ0n) is 20.5. The van der Waals surface area contributed by atoms with E-state index in [0.29, 0.717) is 50.4 Å². The van der Waals surface area contributed by atoms with Crippen LogP contribution in [0.5, 0.6) is 0 Å². The second-order valence-electron chi connectivity index (χ2n) is 9.65. The normalized spacial score (nSPS) is 13.6. The molecule has 8 nitrogen and oxygen atoms in total. The molecular formula is C29H21F2N7O. The van der Waals surface area contributed by atoms with Crippen LogP contribution in [-0.2, 0) is 4.79 Å². The number of carbonyl (C=O) groups excluding carboxylic acids is 1. The monoisotopic (exact) mass is 521 g/mol. The van der Waals surface area contributed by atoms with Gasteiger partial charge in [-0.25, -0.2) is 18.7 Å². The Labute approximate surface area is 220 Å². The maximum Gasteiger partial charge on any atom is 0.227 e. The van der Waals surface area contributed by atoms with Gasteiger partial charge in [0.05, 0.1) is 28.3 Å². The molecule has 4 aromatic heterocycles. The van der Waals surface area contributed by atoms with E-state index in [1.54, 1.807) is 55.0 Å². The summed E-state index contributed by atoms with van der Waals surface area (Å²) in [5.74, 6) is -0.548. The summed E-state index contributed by atoms with van der Waals surface area (Å²) in [7, 11) is 0. The van der Waals surface area contributed by atoms with Crippen LogP contribution < -0.4 is 5.32 Å². The first-order valence-electron chi connectivity index (χ1n) is 12.6. The van der Waals surface area contributed by atoms with Crippen LogP contribution in [0.4, 0.5) is 14.5 Å². The Morgan fingerprint density at radius 1 is 1.00 bits per heavy atom. The van der Waals surface area contributed by atoms with Gasteiger partial charge in [0.1, 0.15) is 17.3 Å². The Hall–Kier alpha value is -4.99. The van der Waals surface area contributed by atoms with Gasteiger partial charge in [-0.15, -0.1) is 0 Å². The number of fused-ring (bicyclic) bond motifs is 2. The number of benzene rings is 2. The Morgan fingerprint density at radius 2 is 1.90 bits per heavy atom. The summed E-state index contributed by atoms with van der Waals surface area (Å²) in [6.45, 7) is 0. The molecule has 192 valence electrons. The maximum absolute atomic E-state index is 16.1. The predicted molar refractivity (Wildman–Crippen MR) is 144 cm³/mol. The molecule has 1 fully saturated rings. The van der Waals surface area contributed by atoms with Crippen LogP contribution >= 0.6 is 0 Å². The van der Waals surface area contributed by atoms with E-state index in [0.717, 1.165) is 19.3 Å². The number of aromatic nitrogens is 6. The summed E-state index contributed by atoms with van der Waals surface area (Å²) in [6, 6.07) is 13.1. The molecule has 7 rings (SSSR count). The van der Waals surface area contributed by atoms with Crippen molar-refractivity contribution in [1.29, 1.82) is 0 Å². The molecule has 0 unspecified atom stereocenters. The molecule has 2 aromatic carbocycles. The quantitative estimate of drug-likeness (QED) is 0.248. The summed E-state index contributed by atoms with van der Waals surface area (Å²) in [4.78, 5) is 28.7. The van der Waals surface area contributed by atoms with Crippen molar-refractivity contribution >= 4 is 33.7 Å². The molecule has 0 saturated heterocycles. The lowest BCUT2D eigenvalue weighted by Crippen LogP contribution is -2.28. The van der Waals surface area contributed by atoms with E-state index in [4.69, 9.17) is 0 Å². The fourth-order valence-corrected chi connectivity index (χ4v) is 4.96. The number of carbonyl (C=O) groups is 1. The van der Waals surface area contributed by atoms with Crippen molar-refractivity contribution in [2.45, 2.75) is 19.3 Å². The molecule has 39 heavy (non-hydrogen) atoms. The number of imidazole rings is 1. The maximum atomic E-state index is 16.1. The summed E-state index contributed by atoms with van der Waals surface area (Å²) < 4.78 is 30.0. The Balaban J connectivity index is 1.30. The summed E-state index contributed by atoms with van der Waals surface area (Å²) >= 11 is 0. The van der Waals surface area contributed by atoms with E-state index >= 15 is 4.39 Å². The molecule has 0 aliphatic heterocycles. The predicted octanol–water partition coefficient (Wildman–Crippen LogP) is 6.25. The molecule has 10 heteroatoms. The number of amides is 1. The molecule has 4 heterocycles. The van der Waals surface area contributed by atoms with Crippen molar-refractivity contribution in [3.63, 3.8) is 0 Å². The van der Waals surface area contributed by atoms with Crippen LogP contribution in [0.2, 0.25) is 0 Å². The minimum Gasteiger partial charge on any atom is -0.335 e. The Morgan fingerprint density at radius 3 is 2.72 bits per heavy atom. The van der Waals surface area contributed by atoms with Crippen LogP contribution in [0.1, 0.15) is 19.3 Å². The average molecular weight is 522 g/mol. The van der Waals surface area contributed by atoms with E-state index in [1.165, 1.54) is 12.1 Å². The minimum atomic E-state index is -0.501. The molecular weight excluding hydrogens is 500 g/mol. The third kappa shape index (κ3) is 4.01. The third-order valence-corrected chi connectivity index (χ3v) is 7.21. The second kappa shape index (κ2) is 9.09. The number of nitrogens with zero attached hydrogens (tertiary/aromatic N) is 4. The van der Waals surface area contributed by atoms with Crippen molar-refractivity contribution < 1.29 is 13.6 Å². The van der Waals surface area contributed by atoms with E-state index in [1.807, 2.05) is 0 Å². The first-order chi connectivity index (χ1) is 19.0. The van der Waals surface area contributed by atoms with Crippen molar-refractivity contribution in [1.82, 2.24) is 30.1 Å². The Bertz CT molecular complexity index is 1890. The third-order valence-electron chi connectivity index (χ3n) is 7.21. The first-order valence-corrected chi connectivity index (χ1v) is 12.6. The molecule has 0 atom stereocenters. The highest BCUT2D eigenvalue weighted by molar-refractivity contribution is 5.98. The van der Waals surface area contributed by atoms with Gasteiger partial charge in [0, 0.05) is 35.0 Å². The fraction of sp³-hybridized carbons (Fsp3) is 0.138. The van der Waals surface area contributed by atoms with Crippen molar-refractivity contribution in [3.8, 4) is 33.8 Å². The zero-order valence-corrected chi connectivity index (χ0v) is 20.5. The smallest absolute Gasteiger partial charge is 0.227 e. The molecule has 1 aliphatic carbocycles. The fourth-order valence-electron chi connectivity index (χ4n) is 4.96. The van der Waals surface area contributed by atoms with Crippen LogP contribution in [0.25, 0.3) is 55.8 Å². The van der Waals surface area contributed by atoms with Gasteiger partial charge in [0.15, 0.2) is 11.5 Å². The topological polar surface area (TPSA) is 112 Å². The lowest BCUT2D eigenvalue weighted by molar-refractivity contribution is -0.122. The standard InChI is InChI=1S/C29H21F2N7O/c30-18-6-2-5-16(11-18)21-9-10-33-27-25(21)35-28(36-27)26-23-22(37-38-26)8-7-20(24(23)31)17-12-19(14-32-13-17)34-29(39)15-3-1-4-15/h2,5-15H,1,3-4H2,(H,34,39)(H,37,38)(H,33,35,36). The van der Waals surface area contributed by atoms with E-state index in [-0.39, 0.29) is 28.7 Å². The van der Waals surface area contributed by atoms with E-state index in [9.17, 15) is 9.18 Å². The number of hydrogen-bond acceptors (Lipinski definition) is 5. The summed E-state index contributed by atoms with van der Waals surface area (Å²) in [5.41, 5.74) is 4.50. The van der Waals surface area contributed by atoms with Crippen LogP contribution in [0.15, 0.2) is 67.1 Å². The average Bonchev–Trinajstić information content (AvgIpc) is 3.52. The number of rotatable bonds is 5. The number of halogens is 2. The number of H-pyrrole nitrogens is 2. The van der Waals surface area contributed by atoms with Gasteiger partial charge in [-0.05, 0) is 54.8 Å². The van der Waals surface area contributed by atoms with Gasteiger partial charge in [0.25, 0.3) is 0 Å². The second-order valence-corrected chi connectivity index (χ2v) is 9.65. The molecule has 1 aliphatic rings. The highest BCUT2D eigenvalue weighted by Crippen LogP contribution is 2.36. The summed E-state index contributed by atoms with van der Waals surface area (Å²) in [6.07, 6.45) is 7.53. The number of aromatic amines is 2. The van der Waals surface area contributed by atoms with Crippen molar-refractivity contribution in [3.05, 3.63) is 78.8 Å². The molecule has 6 aromatic rings. The zero-order chi connectivity index (χ0) is 26.5. The van der Waals surface area contributed by atoms with Crippen molar-refractivity contribution in [2.75, 3.05) is 5.32 Å². The van der Waals surface area contributed by atoms with Crippen LogP contribution in [0.3, 0.4) is 0 Å². The molecule has 1 amide bonds. The molecule has 1 saturated carbocycles. The first kappa shape index (κ1) is 23.2. The Kier molecular flexibility index (Phi) is 5.39. The van der Waals surface area contributed by atoms with Crippen LogP contribution in [-0.4, -0.2) is 36.0 Å². The molecule has 0 bridgehead atoms. The minimum absolute atomic E-state index is 0.0231. The number of nitrogens with one attached hydrogen (secondary N) is 3. The molecule has 3 N–H and O–H groups in total. The van der Waals surface area contributed by atoms with E-state index in [2.05, 4.69) is 35.5 Å². The van der Waals surface area contributed by atoms with Gasteiger partial charge in [-0.1, -0.05) is 18.6 Å². The lowest BCUT2D eigenvalue weighted by atomic mass is 9.85. The van der Waals surface area contributed by atoms with Gasteiger partial charge >= 0.3 is 0 Å². The van der Waals surface area contributed by atoms with Gasteiger partial charge in [0.2, 0.25) is 5.91 Å². The highest BCUT2D eigenvalue weighted by atomic mass is 19.1. The van der Waals surface area contributed by atoms with Crippen molar-refractivity contribution in [2.24, 2.45) is 5.92 Å². The number of anilines is 1. The number of hydrogen-bond donors (Lipinski definition) is 3. The SMILES string of the molecule is O=C(Nc1cncc(-c2ccc3[nH]nc(-c4nc5nccc(-c6cccc(F)c6)c5[nH]4)c3c2F)c1)C1CCC1. The number of pyridine rings is 2. The van der Waals surface area contributed by atoms with Crippen LogP contribution in [0, 0.1) is 17.6 Å². The summed E-state index contributed by atoms with van der Waals surface area (Å²) in [5, 5.41) is 10.4. The molecule has 0 spiro atoms. The van der Waals surface area contributed by atoms with Gasteiger partial charge in [-0.3, -0.25) is 14.9 Å².